The molecule has 0 aliphatic rings. The molecule has 1 aromatic rings. The summed E-state index contributed by atoms with van der Waals surface area (Å²) in [6.45, 7) is 2.07. The summed E-state index contributed by atoms with van der Waals surface area (Å²) < 4.78 is 1.20. The SMILES string of the molecule is Cc1cnn(C[C@@H](O)CN)c(=O)c1. The first-order valence-corrected chi connectivity index (χ1v) is 4.05. The van der Waals surface area contributed by atoms with Crippen molar-refractivity contribution in [3.05, 3.63) is 28.2 Å². The van der Waals surface area contributed by atoms with E-state index in [0.717, 1.165) is 5.56 Å². The van der Waals surface area contributed by atoms with Crippen LogP contribution in [0.4, 0.5) is 0 Å². The second kappa shape index (κ2) is 4.15. The van der Waals surface area contributed by atoms with Gasteiger partial charge in [0.05, 0.1) is 18.8 Å². The van der Waals surface area contributed by atoms with Gasteiger partial charge in [-0.15, -0.1) is 0 Å². The van der Waals surface area contributed by atoms with E-state index in [1.54, 1.807) is 13.1 Å². The summed E-state index contributed by atoms with van der Waals surface area (Å²) in [6, 6.07) is 1.47. The molecule has 1 heterocycles. The number of hydrogen-bond donors (Lipinski definition) is 2. The van der Waals surface area contributed by atoms with E-state index in [9.17, 15) is 9.90 Å². The van der Waals surface area contributed by atoms with Crippen LogP contribution in [-0.2, 0) is 6.54 Å². The molecule has 3 N–H and O–H groups in total. The summed E-state index contributed by atoms with van der Waals surface area (Å²) in [6.07, 6.45) is 0.859. The Labute approximate surface area is 75.8 Å². The largest absolute Gasteiger partial charge is 0.390 e. The summed E-state index contributed by atoms with van der Waals surface area (Å²) >= 11 is 0. The molecular weight excluding hydrogens is 170 g/mol. The molecule has 0 aromatic carbocycles. The van der Waals surface area contributed by atoms with Gasteiger partial charge in [-0.1, -0.05) is 0 Å². The van der Waals surface area contributed by atoms with Crippen molar-refractivity contribution in [2.45, 2.75) is 19.6 Å². The topological polar surface area (TPSA) is 81.1 Å². The van der Waals surface area contributed by atoms with Gasteiger partial charge in [0, 0.05) is 12.6 Å². The monoisotopic (exact) mass is 183 g/mol. The van der Waals surface area contributed by atoms with E-state index in [2.05, 4.69) is 5.10 Å². The van der Waals surface area contributed by atoms with Crippen molar-refractivity contribution < 1.29 is 5.11 Å². The molecule has 0 fully saturated rings. The van der Waals surface area contributed by atoms with Gasteiger partial charge in [-0.25, -0.2) is 4.68 Å². The minimum atomic E-state index is -0.715. The second-order valence-corrected chi connectivity index (χ2v) is 2.94. The van der Waals surface area contributed by atoms with E-state index in [1.165, 1.54) is 10.7 Å². The minimum absolute atomic E-state index is 0.127. The van der Waals surface area contributed by atoms with Crippen molar-refractivity contribution in [2.75, 3.05) is 6.54 Å². The normalized spacial score (nSPS) is 12.8. The lowest BCUT2D eigenvalue weighted by atomic mass is 10.3. The first-order chi connectivity index (χ1) is 6.13. The van der Waals surface area contributed by atoms with Gasteiger partial charge in [0.2, 0.25) is 0 Å². The molecule has 5 heteroatoms. The molecule has 5 nitrogen and oxygen atoms in total. The fourth-order valence-electron chi connectivity index (χ4n) is 0.935. The zero-order chi connectivity index (χ0) is 9.84. The number of nitrogens with two attached hydrogens (primary N) is 1. The van der Waals surface area contributed by atoms with Crippen LogP contribution in [0.3, 0.4) is 0 Å². The van der Waals surface area contributed by atoms with E-state index < -0.39 is 6.10 Å². The average Bonchev–Trinajstić information content (AvgIpc) is 2.09. The van der Waals surface area contributed by atoms with Crippen LogP contribution < -0.4 is 11.3 Å². The lowest BCUT2D eigenvalue weighted by Gasteiger charge is -2.08. The Morgan fingerprint density at radius 1 is 1.77 bits per heavy atom. The molecule has 0 aliphatic heterocycles. The van der Waals surface area contributed by atoms with Crippen LogP contribution in [0.1, 0.15) is 5.56 Å². The molecular formula is C8H13N3O2. The molecule has 0 saturated heterocycles. The fraction of sp³-hybridized carbons (Fsp3) is 0.500. The van der Waals surface area contributed by atoms with Gasteiger partial charge in [0.25, 0.3) is 5.56 Å². The van der Waals surface area contributed by atoms with Gasteiger partial charge < -0.3 is 10.8 Å². The number of nitrogens with zero attached hydrogens (tertiary/aromatic N) is 2. The molecule has 1 atom stereocenters. The number of aryl methyl sites for hydroxylation is 1. The van der Waals surface area contributed by atoms with Crippen molar-refractivity contribution in [3.63, 3.8) is 0 Å². The standard InChI is InChI=1S/C8H13N3O2/c1-6-2-8(13)11(10-4-6)5-7(12)3-9/h2,4,7,12H,3,5,9H2,1H3/t7-/m0/s1. The highest BCUT2D eigenvalue weighted by molar-refractivity contribution is 5.02. The van der Waals surface area contributed by atoms with Crippen LogP contribution in [-0.4, -0.2) is 27.5 Å². The van der Waals surface area contributed by atoms with E-state index >= 15 is 0 Å². The van der Waals surface area contributed by atoms with Crippen molar-refractivity contribution >= 4 is 0 Å². The lowest BCUT2D eigenvalue weighted by molar-refractivity contribution is 0.155. The Morgan fingerprint density at radius 3 is 3.00 bits per heavy atom. The Kier molecular flexibility index (Phi) is 3.16. The van der Waals surface area contributed by atoms with Crippen molar-refractivity contribution in [3.8, 4) is 0 Å². The maximum atomic E-state index is 11.2. The van der Waals surface area contributed by atoms with E-state index in [1.807, 2.05) is 0 Å². The van der Waals surface area contributed by atoms with Gasteiger partial charge in [-0.3, -0.25) is 4.79 Å². The summed E-state index contributed by atoms with van der Waals surface area (Å²) in [7, 11) is 0. The number of aliphatic hydroxyl groups is 1. The maximum absolute atomic E-state index is 11.2. The van der Waals surface area contributed by atoms with Crippen LogP contribution in [0.5, 0.6) is 0 Å². The number of rotatable bonds is 3. The summed E-state index contributed by atoms with van der Waals surface area (Å²) in [5.41, 5.74) is 5.80. The summed E-state index contributed by atoms with van der Waals surface area (Å²) in [5.74, 6) is 0. The molecule has 0 unspecified atom stereocenters. The lowest BCUT2D eigenvalue weighted by Crippen LogP contribution is -2.32. The zero-order valence-electron chi connectivity index (χ0n) is 7.47. The number of hydrogen-bond acceptors (Lipinski definition) is 4. The Bertz CT molecular complexity index is 334. The van der Waals surface area contributed by atoms with Gasteiger partial charge in [0.1, 0.15) is 0 Å². The van der Waals surface area contributed by atoms with Crippen LogP contribution in [0, 0.1) is 6.92 Å². The fourth-order valence-corrected chi connectivity index (χ4v) is 0.935. The van der Waals surface area contributed by atoms with Crippen molar-refractivity contribution in [1.82, 2.24) is 9.78 Å². The number of aromatic nitrogens is 2. The molecule has 13 heavy (non-hydrogen) atoms. The van der Waals surface area contributed by atoms with E-state index in [-0.39, 0.29) is 18.6 Å². The first-order valence-electron chi connectivity index (χ1n) is 4.05. The highest BCUT2D eigenvalue weighted by atomic mass is 16.3. The third-order valence-corrected chi connectivity index (χ3v) is 1.66. The van der Waals surface area contributed by atoms with Gasteiger partial charge in [-0.2, -0.15) is 5.10 Å². The smallest absolute Gasteiger partial charge is 0.267 e. The summed E-state index contributed by atoms with van der Waals surface area (Å²) in [4.78, 5) is 11.2. The molecule has 72 valence electrons. The first kappa shape index (κ1) is 9.88. The zero-order valence-corrected chi connectivity index (χ0v) is 7.47. The predicted molar refractivity (Wildman–Crippen MR) is 48.3 cm³/mol. The van der Waals surface area contributed by atoms with Crippen molar-refractivity contribution in [1.29, 1.82) is 0 Å². The maximum Gasteiger partial charge on any atom is 0.267 e. The molecule has 1 aromatic heterocycles. The molecule has 0 amide bonds. The van der Waals surface area contributed by atoms with Crippen LogP contribution in [0.15, 0.2) is 17.1 Å². The van der Waals surface area contributed by atoms with Crippen LogP contribution in [0.2, 0.25) is 0 Å². The quantitative estimate of drug-likeness (QED) is 0.621. The predicted octanol–water partition coefficient (Wildman–Crippen LogP) is -1.13. The Hall–Kier alpha value is -1.20. The minimum Gasteiger partial charge on any atom is -0.390 e. The van der Waals surface area contributed by atoms with E-state index in [4.69, 9.17) is 5.73 Å². The third kappa shape index (κ3) is 2.64. The van der Waals surface area contributed by atoms with Crippen LogP contribution >= 0.6 is 0 Å². The Morgan fingerprint density at radius 2 is 2.46 bits per heavy atom. The highest BCUT2D eigenvalue weighted by Gasteiger charge is 2.04. The van der Waals surface area contributed by atoms with Crippen LogP contribution in [0.25, 0.3) is 0 Å². The second-order valence-electron chi connectivity index (χ2n) is 2.94. The number of aliphatic hydroxyl groups excluding tert-OH is 1. The van der Waals surface area contributed by atoms with Gasteiger partial charge >= 0.3 is 0 Å². The summed E-state index contributed by atoms with van der Waals surface area (Å²) in [5, 5.41) is 13.0. The molecule has 0 bridgehead atoms. The molecule has 0 aliphatic carbocycles. The average molecular weight is 183 g/mol. The molecule has 0 spiro atoms. The van der Waals surface area contributed by atoms with E-state index in [0.29, 0.717) is 0 Å². The highest BCUT2D eigenvalue weighted by Crippen LogP contribution is 1.88. The van der Waals surface area contributed by atoms with Crippen molar-refractivity contribution in [2.24, 2.45) is 5.73 Å². The molecule has 1 rings (SSSR count). The Balaban J connectivity index is 2.84. The van der Waals surface area contributed by atoms with Gasteiger partial charge in [-0.05, 0) is 12.5 Å². The third-order valence-electron chi connectivity index (χ3n) is 1.66. The van der Waals surface area contributed by atoms with Gasteiger partial charge in [0.15, 0.2) is 0 Å². The molecule has 0 saturated carbocycles. The molecule has 0 radical (unpaired) electrons.